The highest BCUT2D eigenvalue weighted by Crippen LogP contribution is 2.27. The molecule has 1 aliphatic heterocycles. The molecule has 3 nitrogen and oxygen atoms in total. The first-order valence-electron chi connectivity index (χ1n) is 6.12. The molecule has 0 spiro atoms. The Morgan fingerprint density at radius 2 is 2.06 bits per heavy atom. The standard InChI is InChI=1S/C13H17N3S/c1-16-8-6-10(7-9-16)14-13-15-11-4-2-3-5-12(11)17-13/h2-5,10H,6-9H2,1H3,(H,14,15). The van der Waals surface area contributed by atoms with E-state index in [1.807, 2.05) is 6.07 Å². The second-order valence-electron chi connectivity index (χ2n) is 4.71. The van der Waals surface area contributed by atoms with Gasteiger partial charge in [0.2, 0.25) is 0 Å². The molecule has 2 heterocycles. The van der Waals surface area contributed by atoms with Gasteiger partial charge in [0.25, 0.3) is 0 Å². The van der Waals surface area contributed by atoms with Gasteiger partial charge in [-0.15, -0.1) is 0 Å². The molecule has 1 aromatic heterocycles. The lowest BCUT2D eigenvalue weighted by atomic mass is 10.1. The third-order valence-electron chi connectivity index (χ3n) is 3.34. The maximum Gasteiger partial charge on any atom is 0.184 e. The average Bonchev–Trinajstić information content (AvgIpc) is 2.74. The molecule has 3 rings (SSSR count). The molecule has 90 valence electrons. The number of aromatic nitrogens is 1. The van der Waals surface area contributed by atoms with Gasteiger partial charge in [-0.1, -0.05) is 23.5 Å². The third kappa shape index (κ3) is 2.42. The summed E-state index contributed by atoms with van der Waals surface area (Å²) in [5.74, 6) is 0. The summed E-state index contributed by atoms with van der Waals surface area (Å²) in [5.41, 5.74) is 1.10. The first kappa shape index (κ1) is 11.0. The van der Waals surface area contributed by atoms with Gasteiger partial charge in [0.05, 0.1) is 10.2 Å². The van der Waals surface area contributed by atoms with Crippen LogP contribution in [0.25, 0.3) is 10.2 Å². The van der Waals surface area contributed by atoms with E-state index < -0.39 is 0 Å². The van der Waals surface area contributed by atoms with Crippen LogP contribution in [-0.2, 0) is 0 Å². The molecule has 0 radical (unpaired) electrons. The predicted octanol–water partition coefficient (Wildman–Crippen LogP) is 2.80. The van der Waals surface area contributed by atoms with E-state index in [1.165, 1.54) is 30.6 Å². The minimum absolute atomic E-state index is 0.590. The Morgan fingerprint density at radius 1 is 1.29 bits per heavy atom. The molecule has 0 amide bonds. The predicted molar refractivity (Wildman–Crippen MR) is 73.8 cm³/mol. The Bertz CT molecular complexity index is 467. The largest absolute Gasteiger partial charge is 0.359 e. The van der Waals surface area contributed by atoms with E-state index in [-0.39, 0.29) is 0 Å². The fraction of sp³-hybridized carbons (Fsp3) is 0.462. The van der Waals surface area contributed by atoms with Crippen molar-refractivity contribution in [2.24, 2.45) is 0 Å². The highest BCUT2D eigenvalue weighted by atomic mass is 32.1. The third-order valence-corrected chi connectivity index (χ3v) is 4.31. The first-order valence-corrected chi connectivity index (χ1v) is 6.93. The molecule has 4 heteroatoms. The molecule has 1 aromatic carbocycles. The van der Waals surface area contributed by atoms with Crippen molar-refractivity contribution in [2.45, 2.75) is 18.9 Å². The van der Waals surface area contributed by atoms with Crippen LogP contribution >= 0.6 is 11.3 Å². The van der Waals surface area contributed by atoms with E-state index in [0.29, 0.717) is 6.04 Å². The molecule has 0 bridgehead atoms. The van der Waals surface area contributed by atoms with E-state index in [2.05, 4.69) is 40.4 Å². The van der Waals surface area contributed by atoms with Gasteiger partial charge in [-0.2, -0.15) is 0 Å². The summed E-state index contributed by atoms with van der Waals surface area (Å²) >= 11 is 1.76. The normalized spacial score (nSPS) is 18.6. The van der Waals surface area contributed by atoms with Crippen molar-refractivity contribution in [3.8, 4) is 0 Å². The molecular formula is C13H17N3S. The van der Waals surface area contributed by atoms with Crippen LogP contribution in [-0.4, -0.2) is 36.1 Å². The summed E-state index contributed by atoms with van der Waals surface area (Å²) in [6.45, 7) is 2.37. The van der Waals surface area contributed by atoms with Gasteiger partial charge in [0.1, 0.15) is 0 Å². The van der Waals surface area contributed by atoms with Crippen molar-refractivity contribution in [1.82, 2.24) is 9.88 Å². The number of para-hydroxylation sites is 1. The first-order chi connectivity index (χ1) is 8.31. The molecule has 0 aliphatic carbocycles. The minimum Gasteiger partial charge on any atom is -0.359 e. The van der Waals surface area contributed by atoms with Crippen LogP contribution < -0.4 is 5.32 Å². The van der Waals surface area contributed by atoms with Gasteiger partial charge in [-0.25, -0.2) is 4.98 Å². The number of thiazole rings is 1. The summed E-state index contributed by atoms with van der Waals surface area (Å²) in [7, 11) is 2.19. The number of hydrogen-bond donors (Lipinski definition) is 1. The fourth-order valence-electron chi connectivity index (χ4n) is 2.26. The van der Waals surface area contributed by atoms with E-state index in [4.69, 9.17) is 0 Å². The second kappa shape index (κ2) is 4.63. The summed E-state index contributed by atoms with van der Waals surface area (Å²) in [4.78, 5) is 7.01. The molecule has 1 saturated heterocycles. The molecule has 0 atom stereocenters. The van der Waals surface area contributed by atoms with E-state index in [0.717, 1.165) is 10.6 Å². The highest BCUT2D eigenvalue weighted by molar-refractivity contribution is 7.22. The van der Waals surface area contributed by atoms with Crippen LogP contribution in [0.2, 0.25) is 0 Å². The molecule has 17 heavy (non-hydrogen) atoms. The average molecular weight is 247 g/mol. The summed E-state index contributed by atoms with van der Waals surface area (Å²) in [5, 5.41) is 4.64. The fourth-order valence-corrected chi connectivity index (χ4v) is 3.20. The number of piperidine rings is 1. The minimum atomic E-state index is 0.590. The Balaban J connectivity index is 1.72. The van der Waals surface area contributed by atoms with E-state index >= 15 is 0 Å². The number of hydrogen-bond acceptors (Lipinski definition) is 4. The van der Waals surface area contributed by atoms with Crippen LogP contribution in [0.1, 0.15) is 12.8 Å². The number of likely N-dealkylation sites (tertiary alicyclic amines) is 1. The molecule has 1 N–H and O–H groups in total. The molecule has 0 saturated carbocycles. The maximum atomic E-state index is 4.62. The quantitative estimate of drug-likeness (QED) is 0.884. The zero-order valence-corrected chi connectivity index (χ0v) is 10.8. The lowest BCUT2D eigenvalue weighted by molar-refractivity contribution is 0.264. The number of anilines is 1. The molecule has 1 aliphatic rings. The van der Waals surface area contributed by atoms with Crippen molar-refractivity contribution in [2.75, 3.05) is 25.5 Å². The van der Waals surface area contributed by atoms with Crippen LogP contribution in [0.5, 0.6) is 0 Å². The Hall–Kier alpha value is -1.13. The molecule has 2 aromatic rings. The van der Waals surface area contributed by atoms with Crippen LogP contribution in [0, 0.1) is 0 Å². The Labute approximate surface area is 105 Å². The van der Waals surface area contributed by atoms with Crippen molar-refractivity contribution in [3.63, 3.8) is 0 Å². The smallest absolute Gasteiger partial charge is 0.184 e. The van der Waals surface area contributed by atoms with Crippen molar-refractivity contribution >= 4 is 26.7 Å². The van der Waals surface area contributed by atoms with Gasteiger partial charge < -0.3 is 10.2 Å². The molecular weight excluding hydrogens is 230 g/mol. The lowest BCUT2D eigenvalue weighted by Crippen LogP contribution is -2.36. The van der Waals surface area contributed by atoms with Crippen LogP contribution in [0.3, 0.4) is 0 Å². The topological polar surface area (TPSA) is 28.2 Å². The van der Waals surface area contributed by atoms with Gasteiger partial charge in [0.15, 0.2) is 5.13 Å². The van der Waals surface area contributed by atoms with Crippen LogP contribution in [0.4, 0.5) is 5.13 Å². The molecule has 1 fully saturated rings. The lowest BCUT2D eigenvalue weighted by Gasteiger charge is -2.29. The van der Waals surface area contributed by atoms with Gasteiger partial charge in [-0.05, 0) is 45.1 Å². The monoisotopic (exact) mass is 247 g/mol. The summed E-state index contributed by atoms with van der Waals surface area (Å²) < 4.78 is 1.27. The molecule has 0 unspecified atom stereocenters. The Kier molecular flexibility index (Phi) is 2.99. The van der Waals surface area contributed by atoms with Crippen molar-refractivity contribution < 1.29 is 0 Å². The number of nitrogens with zero attached hydrogens (tertiary/aromatic N) is 2. The van der Waals surface area contributed by atoms with Crippen molar-refractivity contribution in [3.05, 3.63) is 24.3 Å². The summed E-state index contributed by atoms with van der Waals surface area (Å²) in [6.07, 6.45) is 2.43. The zero-order valence-electron chi connectivity index (χ0n) is 10.0. The van der Waals surface area contributed by atoms with Gasteiger partial charge in [0, 0.05) is 6.04 Å². The van der Waals surface area contributed by atoms with Gasteiger partial charge >= 0.3 is 0 Å². The van der Waals surface area contributed by atoms with Crippen molar-refractivity contribution in [1.29, 1.82) is 0 Å². The second-order valence-corrected chi connectivity index (χ2v) is 5.74. The number of rotatable bonds is 2. The number of fused-ring (bicyclic) bond motifs is 1. The Morgan fingerprint density at radius 3 is 2.82 bits per heavy atom. The van der Waals surface area contributed by atoms with E-state index in [1.54, 1.807) is 11.3 Å². The number of nitrogens with one attached hydrogen (secondary N) is 1. The van der Waals surface area contributed by atoms with E-state index in [9.17, 15) is 0 Å². The van der Waals surface area contributed by atoms with Crippen LogP contribution in [0.15, 0.2) is 24.3 Å². The summed E-state index contributed by atoms with van der Waals surface area (Å²) in [6, 6.07) is 8.91. The highest BCUT2D eigenvalue weighted by Gasteiger charge is 2.17. The zero-order chi connectivity index (χ0) is 11.7. The SMILES string of the molecule is CN1CCC(Nc2nc3ccccc3s2)CC1. The maximum absolute atomic E-state index is 4.62. The van der Waals surface area contributed by atoms with Gasteiger partial charge in [-0.3, -0.25) is 0 Å². The number of benzene rings is 1.